The molecular weight excluding hydrogens is 320 g/mol. The molecule has 2 rings (SSSR count). The molecule has 2 amide bonds. The lowest BCUT2D eigenvalue weighted by atomic mass is 9.91. The smallest absolute Gasteiger partial charge is 0.227 e. The van der Waals surface area contributed by atoms with Gasteiger partial charge in [-0.15, -0.1) is 11.3 Å². The molecule has 122 valence electrons. The van der Waals surface area contributed by atoms with Crippen molar-refractivity contribution in [2.45, 2.75) is 33.6 Å². The fourth-order valence-electron chi connectivity index (χ4n) is 2.48. The zero-order valence-electron chi connectivity index (χ0n) is 13.4. The first kappa shape index (κ1) is 17.3. The summed E-state index contributed by atoms with van der Waals surface area (Å²) in [5.41, 5.74) is 0.00246. The number of thiophene rings is 1. The first-order valence-corrected chi connectivity index (χ1v) is 8.74. The van der Waals surface area contributed by atoms with E-state index >= 15 is 0 Å². The van der Waals surface area contributed by atoms with Crippen molar-refractivity contribution < 1.29 is 9.59 Å². The third-order valence-corrected chi connectivity index (χ3v) is 4.85. The van der Waals surface area contributed by atoms with Gasteiger partial charge < -0.3 is 9.80 Å². The van der Waals surface area contributed by atoms with Crippen molar-refractivity contribution in [1.82, 2.24) is 9.80 Å². The molecule has 0 aromatic carbocycles. The second-order valence-corrected chi connectivity index (χ2v) is 8.68. The summed E-state index contributed by atoms with van der Waals surface area (Å²) >= 11 is 7.33. The SMILES string of the molecule is CC(C)(C)CC(=O)N1CCN(C(=O)Cc2ccc(Cl)s2)CC1. The van der Waals surface area contributed by atoms with Crippen LogP contribution in [-0.4, -0.2) is 47.8 Å². The number of nitrogens with zero attached hydrogens (tertiary/aromatic N) is 2. The Bertz CT molecular complexity index is 543. The minimum absolute atomic E-state index is 0.00246. The van der Waals surface area contributed by atoms with E-state index in [-0.39, 0.29) is 17.2 Å². The Kier molecular flexibility index (Phi) is 5.50. The number of halogens is 1. The molecule has 0 N–H and O–H groups in total. The fraction of sp³-hybridized carbons (Fsp3) is 0.625. The molecule has 6 heteroatoms. The minimum Gasteiger partial charge on any atom is -0.339 e. The number of carbonyl (C=O) groups excluding carboxylic acids is 2. The van der Waals surface area contributed by atoms with E-state index in [2.05, 4.69) is 20.8 Å². The summed E-state index contributed by atoms with van der Waals surface area (Å²) in [7, 11) is 0. The van der Waals surface area contributed by atoms with E-state index in [9.17, 15) is 9.59 Å². The molecule has 0 atom stereocenters. The molecule has 4 nitrogen and oxygen atoms in total. The quantitative estimate of drug-likeness (QED) is 0.847. The van der Waals surface area contributed by atoms with Crippen molar-refractivity contribution in [1.29, 1.82) is 0 Å². The van der Waals surface area contributed by atoms with Crippen LogP contribution >= 0.6 is 22.9 Å². The number of piperazine rings is 1. The van der Waals surface area contributed by atoms with E-state index in [4.69, 9.17) is 11.6 Å². The number of hydrogen-bond acceptors (Lipinski definition) is 3. The van der Waals surface area contributed by atoms with E-state index in [1.54, 1.807) is 0 Å². The van der Waals surface area contributed by atoms with Gasteiger partial charge in [-0.2, -0.15) is 0 Å². The molecule has 1 aromatic heterocycles. The molecule has 0 unspecified atom stereocenters. The summed E-state index contributed by atoms with van der Waals surface area (Å²) in [4.78, 5) is 29.2. The van der Waals surface area contributed by atoms with Gasteiger partial charge in [0.15, 0.2) is 0 Å². The highest BCUT2D eigenvalue weighted by Gasteiger charge is 2.26. The predicted molar refractivity (Wildman–Crippen MR) is 90.3 cm³/mol. The van der Waals surface area contributed by atoms with Gasteiger partial charge in [0.25, 0.3) is 0 Å². The van der Waals surface area contributed by atoms with E-state index in [0.717, 1.165) is 4.88 Å². The number of rotatable bonds is 3. The second-order valence-electron chi connectivity index (χ2n) is 6.88. The Morgan fingerprint density at radius 1 is 1.09 bits per heavy atom. The topological polar surface area (TPSA) is 40.6 Å². The molecule has 0 spiro atoms. The van der Waals surface area contributed by atoms with Gasteiger partial charge in [0.2, 0.25) is 11.8 Å². The maximum atomic E-state index is 12.3. The summed E-state index contributed by atoms with van der Waals surface area (Å²) in [6, 6.07) is 3.71. The van der Waals surface area contributed by atoms with Gasteiger partial charge in [-0.1, -0.05) is 32.4 Å². The summed E-state index contributed by atoms with van der Waals surface area (Å²) in [6.45, 7) is 8.70. The first-order valence-electron chi connectivity index (χ1n) is 7.54. The van der Waals surface area contributed by atoms with Gasteiger partial charge >= 0.3 is 0 Å². The van der Waals surface area contributed by atoms with E-state index in [1.807, 2.05) is 21.9 Å². The van der Waals surface area contributed by atoms with Gasteiger partial charge in [-0.25, -0.2) is 0 Å². The molecule has 0 bridgehead atoms. The lowest BCUT2D eigenvalue weighted by molar-refractivity contribution is -0.140. The lowest BCUT2D eigenvalue weighted by Gasteiger charge is -2.36. The van der Waals surface area contributed by atoms with Gasteiger partial charge in [0.05, 0.1) is 10.8 Å². The van der Waals surface area contributed by atoms with Crippen molar-refractivity contribution in [3.63, 3.8) is 0 Å². The molecule has 1 fully saturated rings. The van der Waals surface area contributed by atoms with Crippen LogP contribution in [0.5, 0.6) is 0 Å². The summed E-state index contributed by atoms with van der Waals surface area (Å²) in [6.07, 6.45) is 0.946. The second kappa shape index (κ2) is 7.01. The zero-order chi connectivity index (χ0) is 16.3. The Morgan fingerprint density at radius 2 is 1.64 bits per heavy atom. The highest BCUT2D eigenvalue weighted by Crippen LogP contribution is 2.23. The summed E-state index contributed by atoms with van der Waals surface area (Å²) in [5.74, 6) is 0.297. The molecule has 0 saturated carbocycles. The molecule has 22 heavy (non-hydrogen) atoms. The Balaban J connectivity index is 1.81. The van der Waals surface area contributed by atoms with Crippen LogP contribution in [0.1, 0.15) is 32.1 Å². The van der Waals surface area contributed by atoms with Gasteiger partial charge in [0.1, 0.15) is 0 Å². The van der Waals surface area contributed by atoms with Gasteiger partial charge in [-0.05, 0) is 17.5 Å². The zero-order valence-corrected chi connectivity index (χ0v) is 15.0. The van der Waals surface area contributed by atoms with E-state index < -0.39 is 0 Å². The molecule has 1 aromatic rings. The molecule has 1 aliphatic rings. The van der Waals surface area contributed by atoms with Crippen molar-refractivity contribution in [3.05, 3.63) is 21.3 Å². The van der Waals surface area contributed by atoms with Crippen LogP contribution < -0.4 is 0 Å². The lowest BCUT2D eigenvalue weighted by Crippen LogP contribution is -2.51. The van der Waals surface area contributed by atoms with Crippen molar-refractivity contribution in [2.75, 3.05) is 26.2 Å². The summed E-state index contributed by atoms with van der Waals surface area (Å²) < 4.78 is 0.709. The third-order valence-electron chi connectivity index (χ3n) is 3.62. The molecule has 1 saturated heterocycles. The fourth-order valence-corrected chi connectivity index (χ4v) is 3.56. The van der Waals surface area contributed by atoms with Gasteiger partial charge in [-0.3, -0.25) is 9.59 Å². The highest BCUT2D eigenvalue weighted by molar-refractivity contribution is 7.16. The normalized spacial score (nSPS) is 16.0. The first-order chi connectivity index (χ1) is 10.2. The summed E-state index contributed by atoms with van der Waals surface area (Å²) in [5, 5.41) is 0. The van der Waals surface area contributed by atoms with Crippen LogP contribution in [0.2, 0.25) is 4.34 Å². The Labute approximate surface area is 141 Å². The maximum absolute atomic E-state index is 12.3. The maximum Gasteiger partial charge on any atom is 0.227 e. The molecular formula is C16H23ClN2O2S. The molecule has 1 aliphatic heterocycles. The van der Waals surface area contributed by atoms with E-state index in [0.29, 0.717) is 43.4 Å². The van der Waals surface area contributed by atoms with Crippen molar-refractivity contribution in [2.24, 2.45) is 5.41 Å². The number of carbonyl (C=O) groups is 2. The van der Waals surface area contributed by atoms with E-state index in [1.165, 1.54) is 11.3 Å². The van der Waals surface area contributed by atoms with Crippen LogP contribution in [0.25, 0.3) is 0 Å². The highest BCUT2D eigenvalue weighted by atomic mass is 35.5. The van der Waals surface area contributed by atoms with Crippen LogP contribution in [-0.2, 0) is 16.0 Å². The number of amides is 2. The largest absolute Gasteiger partial charge is 0.339 e. The van der Waals surface area contributed by atoms with Gasteiger partial charge in [0, 0.05) is 37.5 Å². The third kappa shape index (κ3) is 4.99. The average Bonchev–Trinajstić information content (AvgIpc) is 2.82. The minimum atomic E-state index is 0.00246. The van der Waals surface area contributed by atoms with Crippen LogP contribution in [0.3, 0.4) is 0 Å². The molecule has 0 radical (unpaired) electrons. The molecule has 2 heterocycles. The average molecular weight is 343 g/mol. The van der Waals surface area contributed by atoms with Crippen LogP contribution in [0.15, 0.2) is 12.1 Å². The monoisotopic (exact) mass is 342 g/mol. The van der Waals surface area contributed by atoms with Crippen LogP contribution in [0.4, 0.5) is 0 Å². The predicted octanol–water partition coefficient (Wildman–Crippen LogP) is 3.05. The Hall–Kier alpha value is -1.07. The van der Waals surface area contributed by atoms with Crippen LogP contribution in [0, 0.1) is 5.41 Å². The van der Waals surface area contributed by atoms with Crippen molar-refractivity contribution in [3.8, 4) is 0 Å². The van der Waals surface area contributed by atoms with Crippen molar-refractivity contribution >= 4 is 34.8 Å². The Morgan fingerprint density at radius 3 is 2.09 bits per heavy atom. The molecule has 0 aliphatic carbocycles. The number of hydrogen-bond donors (Lipinski definition) is 0. The standard InChI is InChI=1S/C16H23ClN2O2S/c1-16(2,3)11-15(21)19-8-6-18(7-9-19)14(20)10-12-4-5-13(17)22-12/h4-5H,6-11H2,1-3H3.